The maximum absolute atomic E-state index is 15.1. The highest BCUT2D eigenvalue weighted by molar-refractivity contribution is 6.02. The quantitative estimate of drug-likeness (QED) is 0.150. The number of nitrogens with one attached hydrogen (secondary N) is 3. The fraction of sp³-hybridized carbons (Fsp3) is 0.306. The number of rotatable bonds is 8. The number of likely N-dealkylation sites (tertiary alicyclic amines) is 1. The maximum Gasteiger partial charge on any atom is 0.490 e. The summed E-state index contributed by atoms with van der Waals surface area (Å²) in [7, 11) is 0. The largest absolute Gasteiger partial charge is 0.490 e. The van der Waals surface area contributed by atoms with Crippen LogP contribution in [0, 0.1) is 18.6 Å². The summed E-state index contributed by atoms with van der Waals surface area (Å²) >= 11 is 0. The zero-order valence-electron chi connectivity index (χ0n) is 28.4. The van der Waals surface area contributed by atoms with Crippen LogP contribution in [0.15, 0.2) is 66.7 Å². The van der Waals surface area contributed by atoms with Crippen molar-refractivity contribution in [2.75, 3.05) is 23.3 Å². The highest BCUT2D eigenvalue weighted by atomic mass is 19.4. The fourth-order valence-electron chi connectivity index (χ4n) is 5.84. The molecule has 274 valence electrons. The molecule has 1 saturated heterocycles. The number of halogens is 5. The molecule has 0 unspecified atom stereocenters. The highest BCUT2D eigenvalue weighted by Gasteiger charge is 2.38. The second-order valence-corrected chi connectivity index (χ2v) is 12.6. The Morgan fingerprint density at radius 2 is 1.69 bits per heavy atom. The molecule has 3 aromatic carbocycles. The Bertz CT molecular complexity index is 1940. The van der Waals surface area contributed by atoms with Gasteiger partial charge in [-0.05, 0) is 62.6 Å². The lowest BCUT2D eigenvalue weighted by Crippen LogP contribution is -2.43. The molecular weight excluding hydrogens is 689 g/mol. The van der Waals surface area contributed by atoms with Crippen LogP contribution in [0.4, 0.5) is 44.2 Å². The smallest absolute Gasteiger partial charge is 0.475 e. The van der Waals surface area contributed by atoms with Gasteiger partial charge in [0.15, 0.2) is 5.82 Å². The van der Waals surface area contributed by atoms with Crippen molar-refractivity contribution in [1.82, 2.24) is 25.5 Å². The molecule has 52 heavy (non-hydrogen) atoms. The first-order valence-electron chi connectivity index (χ1n) is 16.3. The van der Waals surface area contributed by atoms with Gasteiger partial charge < -0.3 is 21.1 Å². The minimum absolute atomic E-state index is 0.0000670. The number of carboxylic acid groups (broad SMARTS) is 1. The number of aromatic nitrogens is 2. The third kappa shape index (κ3) is 8.80. The van der Waals surface area contributed by atoms with Crippen molar-refractivity contribution in [1.29, 1.82) is 0 Å². The van der Waals surface area contributed by atoms with Gasteiger partial charge in [0, 0.05) is 48.4 Å². The van der Waals surface area contributed by atoms with Crippen LogP contribution >= 0.6 is 0 Å². The van der Waals surface area contributed by atoms with E-state index in [1.807, 2.05) is 45.0 Å². The summed E-state index contributed by atoms with van der Waals surface area (Å²) in [6.07, 6.45) is -4.25. The van der Waals surface area contributed by atoms with E-state index in [4.69, 9.17) is 19.9 Å². The van der Waals surface area contributed by atoms with Crippen LogP contribution in [0.2, 0.25) is 0 Å². The molecule has 2 aliphatic heterocycles. The van der Waals surface area contributed by atoms with Crippen LogP contribution in [0.5, 0.6) is 0 Å². The van der Waals surface area contributed by atoms with Gasteiger partial charge in [-0.2, -0.15) is 18.2 Å². The molecule has 0 bridgehead atoms. The van der Waals surface area contributed by atoms with Gasteiger partial charge in [-0.3, -0.25) is 9.69 Å². The monoisotopic (exact) mass is 725 g/mol. The average Bonchev–Trinajstić information content (AvgIpc) is 3.51. The van der Waals surface area contributed by atoms with E-state index < -0.39 is 35.5 Å². The molecule has 1 aromatic heterocycles. The maximum atomic E-state index is 15.1. The van der Waals surface area contributed by atoms with E-state index in [-0.39, 0.29) is 36.3 Å². The number of amides is 3. The van der Waals surface area contributed by atoms with E-state index in [1.54, 1.807) is 12.1 Å². The zero-order chi connectivity index (χ0) is 37.7. The van der Waals surface area contributed by atoms with Crippen LogP contribution in [0.1, 0.15) is 47.3 Å². The third-order valence-corrected chi connectivity index (χ3v) is 8.25. The highest BCUT2D eigenvalue weighted by Crippen LogP contribution is 2.39. The Morgan fingerprint density at radius 1 is 1.02 bits per heavy atom. The number of nitrogens with zero attached hydrogens (tertiary/aromatic N) is 4. The van der Waals surface area contributed by atoms with Crippen molar-refractivity contribution in [3.63, 3.8) is 0 Å². The summed E-state index contributed by atoms with van der Waals surface area (Å²) in [6, 6.07) is 18.2. The number of urea groups is 1. The second kappa shape index (κ2) is 15.7. The van der Waals surface area contributed by atoms with Gasteiger partial charge in [-0.25, -0.2) is 28.3 Å². The first-order chi connectivity index (χ1) is 24.6. The summed E-state index contributed by atoms with van der Waals surface area (Å²) in [5, 5.41) is 16.2. The van der Waals surface area contributed by atoms with Crippen LogP contribution in [-0.2, 0) is 17.9 Å². The number of para-hydroxylation sites is 1. The number of hydrogen-bond donors (Lipinski definition) is 4. The number of carbonyl (C=O) groups excluding carboxylic acids is 2. The first-order valence-corrected chi connectivity index (χ1v) is 16.3. The zero-order valence-corrected chi connectivity index (χ0v) is 28.4. The topological polar surface area (TPSA) is 140 Å². The lowest BCUT2D eigenvalue weighted by molar-refractivity contribution is -0.192. The van der Waals surface area contributed by atoms with Crippen molar-refractivity contribution >= 4 is 35.4 Å². The van der Waals surface area contributed by atoms with Gasteiger partial charge in [-0.15, -0.1) is 0 Å². The van der Waals surface area contributed by atoms with Crippen LogP contribution in [-0.4, -0.2) is 69.2 Å². The summed E-state index contributed by atoms with van der Waals surface area (Å²) in [4.78, 5) is 48.0. The molecule has 1 fully saturated rings. The van der Waals surface area contributed by atoms with Gasteiger partial charge in [-0.1, -0.05) is 42.5 Å². The summed E-state index contributed by atoms with van der Waals surface area (Å²) in [5.41, 5.74) is 3.55. The van der Waals surface area contributed by atoms with E-state index in [0.29, 0.717) is 22.4 Å². The molecule has 1 atom stereocenters. The number of alkyl halides is 3. The lowest BCUT2D eigenvalue weighted by atomic mass is 9.97. The molecule has 0 saturated carbocycles. The number of fused-ring (bicyclic) bond motifs is 1. The SMILES string of the molecule is Cc1ccc(C(=O)NC(C)C)cc1-c1nc(N[C@H]2CCN(Cc3ccccc3)C2)nc2c1CNC(=O)N2c1c(F)cccc1F.O=C(O)C(F)(F)F. The number of anilines is 3. The third-order valence-electron chi connectivity index (χ3n) is 8.25. The molecule has 0 radical (unpaired) electrons. The number of aliphatic carboxylic acids is 1. The van der Waals surface area contributed by atoms with Crippen molar-refractivity contribution in [2.45, 2.75) is 58.5 Å². The van der Waals surface area contributed by atoms with Crippen molar-refractivity contribution < 1.29 is 41.4 Å². The Hall–Kier alpha value is -5.64. The number of aryl methyl sites for hydroxylation is 1. The van der Waals surface area contributed by atoms with Gasteiger partial charge in [0.05, 0.1) is 12.2 Å². The van der Waals surface area contributed by atoms with Gasteiger partial charge in [0.1, 0.15) is 17.3 Å². The minimum Gasteiger partial charge on any atom is -0.475 e. The van der Waals surface area contributed by atoms with Gasteiger partial charge in [0.2, 0.25) is 5.95 Å². The standard InChI is InChI=1S/C34H35F2N7O2.C2HF3O2/c1-20(2)38-32(44)23-13-12-21(3)25(16-23)29-26-17-37-34(45)43(30-27(35)10-7-11-28(30)36)31(26)41-33(40-29)39-24-14-15-42(19-24)18-22-8-5-4-6-9-22;3-2(4,5)1(6)7/h4-13,16,20,24H,14-15,17-19H2,1-3H3,(H,37,45)(H,38,44)(H,39,40,41);(H,6,7)/t24-;/m0./s1. The Kier molecular flexibility index (Phi) is 11.4. The number of carboxylic acids is 1. The molecule has 2 aliphatic rings. The molecule has 11 nitrogen and oxygen atoms in total. The molecule has 0 spiro atoms. The normalized spacial score (nSPS) is 15.8. The predicted octanol–water partition coefficient (Wildman–Crippen LogP) is 6.55. The molecule has 0 aliphatic carbocycles. The summed E-state index contributed by atoms with van der Waals surface area (Å²) in [5.74, 6) is -4.49. The summed E-state index contributed by atoms with van der Waals surface area (Å²) < 4.78 is 62.0. The lowest BCUT2D eigenvalue weighted by Gasteiger charge is -2.31. The van der Waals surface area contributed by atoms with Crippen LogP contribution in [0.25, 0.3) is 11.3 Å². The van der Waals surface area contributed by atoms with E-state index in [2.05, 4.69) is 33.0 Å². The van der Waals surface area contributed by atoms with E-state index >= 15 is 8.78 Å². The van der Waals surface area contributed by atoms with Crippen LogP contribution < -0.4 is 20.9 Å². The molecule has 16 heteroatoms. The molecular formula is C36H36F5N7O4. The van der Waals surface area contributed by atoms with E-state index in [1.165, 1.54) is 11.6 Å². The number of hydrogen-bond acceptors (Lipinski definition) is 7. The van der Waals surface area contributed by atoms with E-state index in [0.717, 1.165) is 48.7 Å². The van der Waals surface area contributed by atoms with Crippen LogP contribution in [0.3, 0.4) is 0 Å². The molecule has 4 aromatic rings. The van der Waals surface area contributed by atoms with E-state index in [9.17, 15) is 22.8 Å². The van der Waals surface area contributed by atoms with Crippen molar-refractivity contribution in [3.05, 3.63) is 101 Å². The minimum atomic E-state index is -5.08. The van der Waals surface area contributed by atoms with Gasteiger partial charge >= 0.3 is 18.2 Å². The summed E-state index contributed by atoms with van der Waals surface area (Å²) in [6.45, 7) is 8.11. The Morgan fingerprint density at radius 3 is 2.33 bits per heavy atom. The van der Waals surface area contributed by atoms with Crippen molar-refractivity contribution in [3.8, 4) is 11.3 Å². The average molecular weight is 726 g/mol. The Labute approximate surface area is 295 Å². The molecule has 3 heterocycles. The fourth-order valence-corrected chi connectivity index (χ4v) is 5.84. The number of benzene rings is 3. The predicted molar refractivity (Wildman–Crippen MR) is 183 cm³/mol. The van der Waals surface area contributed by atoms with Crippen molar-refractivity contribution in [2.24, 2.45) is 0 Å². The molecule has 6 rings (SSSR count). The Balaban J connectivity index is 0.000000679. The second-order valence-electron chi connectivity index (χ2n) is 12.6. The first kappa shape index (κ1) is 37.6. The molecule has 4 N–H and O–H groups in total. The molecule has 3 amide bonds. The number of carbonyl (C=O) groups is 3. The van der Waals surface area contributed by atoms with Gasteiger partial charge in [0.25, 0.3) is 5.91 Å².